The number of imidazole rings is 1. The van der Waals surface area contributed by atoms with Crippen molar-refractivity contribution in [1.29, 1.82) is 0 Å². The molecule has 5 heteroatoms. The summed E-state index contributed by atoms with van der Waals surface area (Å²) in [6.07, 6.45) is 1.82. The van der Waals surface area contributed by atoms with Gasteiger partial charge in [-0.3, -0.25) is 9.13 Å². The molecule has 0 aliphatic carbocycles. The van der Waals surface area contributed by atoms with Crippen LogP contribution in [0.5, 0.6) is 0 Å². The molecule has 0 aliphatic heterocycles. The molecule has 0 saturated carbocycles. The van der Waals surface area contributed by atoms with Gasteiger partial charge in [-0.15, -0.1) is 0 Å². The van der Waals surface area contributed by atoms with Crippen LogP contribution in [-0.2, 0) is 4.74 Å². The lowest BCUT2D eigenvalue weighted by molar-refractivity contribution is 0.0526. The molecule has 0 unspecified atom stereocenters. The van der Waals surface area contributed by atoms with Crippen LogP contribution in [0.25, 0.3) is 22.6 Å². The third kappa shape index (κ3) is 3.94. The Bertz CT molecular complexity index is 1280. The molecule has 0 fully saturated rings. The highest BCUT2D eigenvalue weighted by Gasteiger charge is 2.21. The van der Waals surface area contributed by atoms with Gasteiger partial charge < -0.3 is 4.74 Å². The Balaban J connectivity index is 1.99. The third-order valence-corrected chi connectivity index (χ3v) is 5.19. The molecule has 0 radical (unpaired) electrons. The number of hydrogen-bond acceptors (Lipinski definition) is 3. The largest absolute Gasteiger partial charge is 0.462 e. The Hall–Kier alpha value is -3.86. The van der Waals surface area contributed by atoms with E-state index < -0.39 is 5.97 Å². The topological polar surface area (TPSA) is 53.2 Å². The third-order valence-electron chi connectivity index (χ3n) is 5.19. The fourth-order valence-electron chi connectivity index (χ4n) is 3.55. The number of para-hydroxylation sites is 1. The molecule has 0 N–H and O–H groups in total. The van der Waals surface area contributed by atoms with Crippen molar-refractivity contribution in [3.8, 4) is 22.6 Å². The molecule has 0 amide bonds. The number of aryl methyl sites for hydroxylation is 2. The summed E-state index contributed by atoms with van der Waals surface area (Å²) in [5.41, 5.74) is 5.17. The van der Waals surface area contributed by atoms with E-state index in [1.807, 2.05) is 74.6 Å². The lowest BCUT2D eigenvalue weighted by atomic mass is 10.1. The zero-order valence-corrected chi connectivity index (χ0v) is 17.8. The molecule has 4 aromatic rings. The monoisotopic (exact) mass is 412 g/mol. The Morgan fingerprint density at radius 2 is 1.48 bits per heavy atom. The number of esters is 1. The first-order chi connectivity index (χ1) is 15.0. The molecule has 1 aromatic heterocycles. The Labute approximate surface area is 181 Å². The van der Waals surface area contributed by atoms with Crippen molar-refractivity contribution in [2.24, 2.45) is 0 Å². The lowest BCUT2D eigenvalue weighted by Crippen LogP contribution is -2.24. The number of rotatable bonds is 5. The van der Waals surface area contributed by atoms with Gasteiger partial charge in [-0.1, -0.05) is 59.7 Å². The highest BCUT2D eigenvalue weighted by atomic mass is 16.5. The van der Waals surface area contributed by atoms with E-state index >= 15 is 0 Å². The molecule has 0 bridgehead atoms. The Kier molecular flexibility index (Phi) is 5.58. The predicted octanol–water partition coefficient (Wildman–Crippen LogP) is 5.09. The van der Waals surface area contributed by atoms with Gasteiger partial charge in [0.05, 0.1) is 29.2 Å². The number of ether oxygens (including phenoxy) is 1. The van der Waals surface area contributed by atoms with Crippen LogP contribution in [0.3, 0.4) is 0 Å². The molecule has 0 aliphatic rings. The standard InChI is InChI=1S/C26H24N2O3/c1-4-31-25(29)22-7-5-6-8-23(22)28-24(20-13-9-18(2)10-14-20)17-27(26(28)30)21-15-11-19(3)12-16-21/h5-17H,4H2,1-3H3. The van der Waals surface area contributed by atoms with Crippen LogP contribution < -0.4 is 5.69 Å². The summed E-state index contributed by atoms with van der Waals surface area (Å²) in [7, 11) is 0. The van der Waals surface area contributed by atoms with Crippen LogP contribution in [0.4, 0.5) is 0 Å². The molecule has 1 heterocycles. The first-order valence-electron chi connectivity index (χ1n) is 10.2. The minimum Gasteiger partial charge on any atom is -0.462 e. The zero-order chi connectivity index (χ0) is 22.0. The van der Waals surface area contributed by atoms with Crippen molar-refractivity contribution in [2.45, 2.75) is 20.8 Å². The summed E-state index contributed by atoms with van der Waals surface area (Å²) >= 11 is 0. The quantitative estimate of drug-likeness (QED) is 0.429. The van der Waals surface area contributed by atoms with E-state index in [2.05, 4.69) is 0 Å². The highest BCUT2D eigenvalue weighted by Crippen LogP contribution is 2.26. The molecule has 0 spiro atoms. The summed E-state index contributed by atoms with van der Waals surface area (Å²) < 4.78 is 8.42. The second-order valence-electron chi connectivity index (χ2n) is 7.44. The van der Waals surface area contributed by atoms with E-state index in [9.17, 15) is 9.59 Å². The lowest BCUT2D eigenvalue weighted by Gasteiger charge is -2.12. The van der Waals surface area contributed by atoms with Crippen molar-refractivity contribution < 1.29 is 9.53 Å². The van der Waals surface area contributed by atoms with Crippen LogP contribution in [-0.4, -0.2) is 21.7 Å². The number of carbonyl (C=O) groups excluding carboxylic acids is 1. The van der Waals surface area contributed by atoms with Gasteiger partial charge >= 0.3 is 11.7 Å². The summed E-state index contributed by atoms with van der Waals surface area (Å²) in [5, 5.41) is 0. The van der Waals surface area contributed by atoms with Crippen LogP contribution >= 0.6 is 0 Å². The maximum absolute atomic E-state index is 13.6. The van der Waals surface area contributed by atoms with Gasteiger partial charge in [-0.25, -0.2) is 9.59 Å². The van der Waals surface area contributed by atoms with Crippen LogP contribution in [0.15, 0.2) is 83.8 Å². The number of nitrogens with zero attached hydrogens (tertiary/aromatic N) is 2. The van der Waals surface area contributed by atoms with E-state index in [1.54, 1.807) is 34.3 Å². The predicted molar refractivity (Wildman–Crippen MR) is 122 cm³/mol. The van der Waals surface area contributed by atoms with Gasteiger partial charge in [-0.05, 0) is 45.0 Å². The molecule has 0 saturated heterocycles. The number of carbonyl (C=O) groups is 1. The maximum atomic E-state index is 13.6. The van der Waals surface area contributed by atoms with E-state index in [4.69, 9.17) is 4.74 Å². The summed E-state index contributed by atoms with van der Waals surface area (Å²) in [4.78, 5) is 26.2. The van der Waals surface area contributed by atoms with Crippen LogP contribution in [0, 0.1) is 13.8 Å². The van der Waals surface area contributed by atoms with Crippen LogP contribution in [0.2, 0.25) is 0 Å². The van der Waals surface area contributed by atoms with Crippen molar-refractivity contribution in [3.05, 3.63) is 106 Å². The molecule has 0 atom stereocenters. The molecule has 4 rings (SSSR count). The van der Waals surface area contributed by atoms with Crippen molar-refractivity contribution >= 4 is 5.97 Å². The summed E-state index contributed by atoms with van der Waals surface area (Å²) in [6, 6.07) is 22.8. The van der Waals surface area contributed by atoms with E-state index in [0.29, 0.717) is 16.9 Å². The Morgan fingerprint density at radius 3 is 2.13 bits per heavy atom. The van der Waals surface area contributed by atoms with Crippen LogP contribution in [0.1, 0.15) is 28.4 Å². The second kappa shape index (κ2) is 8.48. The minimum absolute atomic E-state index is 0.254. The van der Waals surface area contributed by atoms with E-state index in [-0.39, 0.29) is 12.3 Å². The van der Waals surface area contributed by atoms with Crippen molar-refractivity contribution in [1.82, 2.24) is 9.13 Å². The summed E-state index contributed by atoms with van der Waals surface area (Å²) in [5.74, 6) is -0.456. The van der Waals surface area contributed by atoms with E-state index in [0.717, 1.165) is 22.4 Å². The second-order valence-corrected chi connectivity index (χ2v) is 7.44. The Morgan fingerprint density at radius 1 is 0.871 bits per heavy atom. The first kappa shape index (κ1) is 20.4. The normalized spacial score (nSPS) is 10.8. The molecule has 5 nitrogen and oxygen atoms in total. The number of benzene rings is 3. The van der Waals surface area contributed by atoms with Crippen molar-refractivity contribution in [3.63, 3.8) is 0 Å². The fraction of sp³-hybridized carbons (Fsp3) is 0.154. The molecular weight excluding hydrogens is 388 g/mol. The summed E-state index contributed by atoms with van der Waals surface area (Å²) in [6.45, 7) is 6.05. The molecule has 3 aromatic carbocycles. The number of hydrogen-bond donors (Lipinski definition) is 0. The molecular formula is C26H24N2O3. The van der Waals surface area contributed by atoms with Gasteiger partial charge in [0.1, 0.15) is 0 Å². The van der Waals surface area contributed by atoms with Gasteiger partial charge in [0.25, 0.3) is 0 Å². The van der Waals surface area contributed by atoms with E-state index in [1.165, 1.54) is 0 Å². The first-order valence-corrected chi connectivity index (χ1v) is 10.2. The maximum Gasteiger partial charge on any atom is 0.340 e. The van der Waals surface area contributed by atoms with Gasteiger partial charge in [0.2, 0.25) is 0 Å². The average Bonchev–Trinajstić information content (AvgIpc) is 3.12. The SMILES string of the molecule is CCOC(=O)c1ccccc1-n1c(-c2ccc(C)cc2)cn(-c2ccc(C)cc2)c1=O. The number of aromatic nitrogens is 2. The smallest absolute Gasteiger partial charge is 0.340 e. The van der Waals surface area contributed by atoms with Gasteiger partial charge in [-0.2, -0.15) is 0 Å². The molecule has 156 valence electrons. The average molecular weight is 412 g/mol. The fourth-order valence-corrected chi connectivity index (χ4v) is 3.55. The minimum atomic E-state index is -0.456. The zero-order valence-electron chi connectivity index (χ0n) is 17.8. The van der Waals surface area contributed by atoms with Gasteiger partial charge in [0.15, 0.2) is 0 Å². The molecule has 31 heavy (non-hydrogen) atoms. The highest BCUT2D eigenvalue weighted by molar-refractivity contribution is 5.93. The van der Waals surface area contributed by atoms with Gasteiger partial charge in [0, 0.05) is 11.8 Å². The van der Waals surface area contributed by atoms with Crippen molar-refractivity contribution in [2.75, 3.05) is 6.61 Å².